The highest BCUT2D eigenvalue weighted by Crippen LogP contribution is 2.21. The zero-order valence-electron chi connectivity index (χ0n) is 13.2. The Labute approximate surface area is 139 Å². The van der Waals surface area contributed by atoms with Crippen molar-refractivity contribution >= 4 is 29.0 Å². The Hall–Kier alpha value is -2.40. The Morgan fingerprint density at radius 1 is 1.17 bits per heavy atom. The number of amides is 1. The standard InChI is InChI=1S/C17H17ClN4O/c1-17(2,3)11-4-6-13(19-8-11)16(23)21-14-10-22-9-12(18)5-7-15(22)20-14/h4-10H,1-3H3,(H,21,23). The van der Waals surface area contributed by atoms with Gasteiger partial charge in [-0.2, -0.15) is 0 Å². The SMILES string of the molecule is CC(C)(C)c1ccc(C(=O)Nc2cn3cc(Cl)ccc3n2)nc1. The van der Waals surface area contributed by atoms with Crippen molar-refractivity contribution in [3.8, 4) is 0 Å². The van der Waals surface area contributed by atoms with Crippen molar-refractivity contribution in [2.75, 3.05) is 5.32 Å². The van der Waals surface area contributed by atoms with Crippen LogP contribution in [0, 0.1) is 0 Å². The predicted molar refractivity (Wildman–Crippen MR) is 91.1 cm³/mol. The number of carbonyl (C=O) groups excluding carboxylic acids is 1. The van der Waals surface area contributed by atoms with E-state index in [1.807, 2.05) is 6.07 Å². The van der Waals surface area contributed by atoms with Gasteiger partial charge in [0.15, 0.2) is 5.82 Å². The molecule has 0 aliphatic rings. The molecule has 5 nitrogen and oxygen atoms in total. The molecule has 118 valence electrons. The summed E-state index contributed by atoms with van der Waals surface area (Å²) in [5.74, 6) is 0.166. The van der Waals surface area contributed by atoms with E-state index in [1.54, 1.807) is 41.2 Å². The fraction of sp³-hybridized carbons (Fsp3) is 0.235. The molecule has 3 aromatic heterocycles. The summed E-state index contributed by atoms with van der Waals surface area (Å²) in [6.07, 6.45) is 5.18. The topological polar surface area (TPSA) is 59.3 Å². The molecule has 3 aromatic rings. The van der Waals surface area contributed by atoms with Crippen LogP contribution in [0.25, 0.3) is 5.65 Å². The van der Waals surface area contributed by atoms with Gasteiger partial charge >= 0.3 is 0 Å². The van der Waals surface area contributed by atoms with E-state index < -0.39 is 0 Å². The van der Waals surface area contributed by atoms with Crippen LogP contribution >= 0.6 is 11.6 Å². The number of rotatable bonds is 2. The van der Waals surface area contributed by atoms with Crippen molar-refractivity contribution in [1.82, 2.24) is 14.4 Å². The number of anilines is 1. The quantitative estimate of drug-likeness (QED) is 0.775. The van der Waals surface area contributed by atoms with Crippen molar-refractivity contribution in [1.29, 1.82) is 0 Å². The van der Waals surface area contributed by atoms with Crippen molar-refractivity contribution in [2.24, 2.45) is 0 Å². The third-order valence-corrected chi connectivity index (χ3v) is 3.74. The lowest BCUT2D eigenvalue weighted by Gasteiger charge is -2.18. The molecule has 1 N–H and O–H groups in total. The minimum atomic E-state index is -0.292. The number of aromatic nitrogens is 3. The molecule has 0 fully saturated rings. The molecule has 0 aromatic carbocycles. The lowest BCUT2D eigenvalue weighted by Crippen LogP contribution is -2.16. The number of fused-ring (bicyclic) bond motifs is 1. The van der Waals surface area contributed by atoms with Crippen LogP contribution in [0.15, 0.2) is 42.9 Å². The summed E-state index contributed by atoms with van der Waals surface area (Å²) in [5.41, 5.74) is 2.15. The van der Waals surface area contributed by atoms with Crippen LogP contribution in [0.5, 0.6) is 0 Å². The second-order valence-corrected chi connectivity index (χ2v) is 6.81. The number of pyridine rings is 2. The number of carbonyl (C=O) groups is 1. The van der Waals surface area contributed by atoms with Gasteiger partial charge in [-0.15, -0.1) is 0 Å². The van der Waals surface area contributed by atoms with Gasteiger partial charge in [-0.25, -0.2) is 4.98 Å². The molecule has 0 aliphatic heterocycles. The monoisotopic (exact) mass is 328 g/mol. The lowest BCUT2D eigenvalue weighted by atomic mass is 9.88. The Bertz CT molecular complexity index is 862. The fourth-order valence-corrected chi connectivity index (χ4v) is 2.35. The largest absolute Gasteiger partial charge is 0.304 e. The number of halogens is 1. The minimum absolute atomic E-state index is 0.00285. The molecule has 0 bridgehead atoms. The van der Waals surface area contributed by atoms with Gasteiger partial charge in [0.25, 0.3) is 5.91 Å². The third-order valence-electron chi connectivity index (χ3n) is 3.52. The van der Waals surface area contributed by atoms with E-state index >= 15 is 0 Å². The van der Waals surface area contributed by atoms with Crippen molar-refractivity contribution in [3.63, 3.8) is 0 Å². The van der Waals surface area contributed by atoms with Crippen LogP contribution in [0.3, 0.4) is 0 Å². The van der Waals surface area contributed by atoms with Gasteiger partial charge in [-0.1, -0.05) is 38.4 Å². The lowest BCUT2D eigenvalue weighted by molar-refractivity contribution is 0.102. The molecule has 0 spiro atoms. The first-order valence-corrected chi connectivity index (χ1v) is 7.63. The first kappa shape index (κ1) is 15.5. The molecule has 0 atom stereocenters. The van der Waals surface area contributed by atoms with Gasteiger partial charge in [0.2, 0.25) is 0 Å². The van der Waals surface area contributed by atoms with Gasteiger partial charge < -0.3 is 9.72 Å². The van der Waals surface area contributed by atoms with Crippen LogP contribution in [-0.4, -0.2) is 20.3 Å². The summed E-state index contributed by atoms with van der Waals surface area (Å²) in [7, 11) is 0. The van der Waals surface area contributed by atoms with E-state index in [1.165, 1.54) is 0 Å². The number of nitrogens with zero attached hydrogens (tertiary/aromatic N) is 3. The summed E-state index contributed by atoms with van der Waals surface area (Å²) >= 11 is 5.94. The van der Waals surface area contributed by atoms with Gasteiger partial charge in [0.05, 0.1) is 11.2 Å². The molecule has 0 aliphatic carbocycles. The predicted octanol–water partition coefficient (Wildman–Crippen LogP) is 3.93. The third kappa shape index (κ3) is 3.35. The molecule has 0 radical (unpaired) electrons. The summed E-state index contributed by atoms with van der Waals surface area (Å²) in [4.78, 5) is 20.8. The Balaban J connectivity index is 1.80. The van der Waals surface area contributed by atoms with Crippen LogP contribution in [-0.2, 0) is 5.41 Å². The molecule has 3 rings (SSSR count). The van der Waals surface area contributed by atoms with E-state index in [2.05, 4.69) is 36.1 Å². The number of hydrogen-bond donors (Lipinski definition) is 1. The van der Waals surface area contributed by atoms with Crippen LogP contribution in [0.1, 0.15) is 36.8 Å². The Morgan fingerprint density at radius 2 is 1.96 bits per heavy atom. The van der Waals surface area contributed by atoms with E-state index in [-0.39, 0.29) is 11.3 Å². The van der Waals surface area contributed by atoms with Crippen LogP contribution < -0.4 is 5.32 Å². The van der Waals surface area contributed by atoms with Crippen molar-refractivity contribution in [2.45, 2.75) is 26.2 Å². The molecule has 3 heterocycles. The summed E-state index contributed by atoms with van der Waals surface area (Å²) < 4.78 is 1.76. The second kappa shape index (κ2) is 5.66. The van der Waals surface area contributed by atoms with E-state index in [0.29, 0.717) is 22.2 Å². The first-order chi connectivity index (χ1) is 10.8. The van der Waals surface area contributed by atoms with Crippen LogP contribution in [0.4, 0.5) is 5.82 Å². The molecule has 6 heteroatoms. The maximum atomic E-state index is 12.3. The van der Waals surface area contributed by atoms with Crippen molar-refractivity contribution in [3.05, 3.63) is 59.1 Å². The van der Waals surface area contributed by atoms with E-state index in [9.17, 15) is 4.79 Å². The summed E-state index contributed by atoms with van der Waals surface area (Å²) in [5, 5.41) is 3.35. The summed E-state index contributed by atoms with van der Waals surface area (Å²) in [6.45, 7) is 6.31. The van der Waals surface area contributed by atoms with Crippen LogP contribution in [0.2, 0.25) is 5.02 Å². The summed E-state index contributed by atoms with van der Waals surface area (Å²) in [6, 6.07) is 7.19. The smallest absolute Gasteiger partial charge is 0.275 e. The fourth-order valence-electron chi connectivity index (χ4n) is 2.18. The average Bonchev–Trinajstić information content (AvgIpc) is 2.87. The highest BCUT2D eigenvalue weighted by molar-refractivity contribution is 6.30. The maximum absolute atomic E-state index is 12.3. The molecule has 0 unspecified atom stereocenters. The van der Waals surface area contributed by atoms with Gasteiger partial charge in [-0.3, -0.25) is 9.78 Å². The minimum Gasteiger partial charge on any atom is -0.304 e. The Kier molecular flexibility index (Phi) is 3.82. The van der Waals surface area contributed by atoms with E-state index in [0.717, 1.165) is 5.56 Å². The molecule has 0 saturated carbocycles. The molecule has 23 heavy (non-hydrogen) atoms. The average molecular weight is 329 g/mol. The van der Waals surface area contributed by atoms with Crippen molar-refractivity contribution < 1.29 is 4.79 Å². The molecule has 1 amide bonds. The molecule has 0 saturated heterocycles. The number of imidazole rings is 1. The zero-order chi connectivity index (χ0) is 16.6. The Morgan fingerprint density at radius 3 is 2.61 bits per heavy atom. The maximum Gasteiger partial charge on any atom is 0.275 e. The normalized spacial score (nSPS) is 11.7. The molecular weight excluding hydrogens is 312 g/mol. The number of hydrogen-bond acceptors (Lipinski definition) is 3. The second-order valence-electron chi connectivity index (χ2n) is 6.38. The molecular formula is C17H17ClN4O. The number of nitrogens with one attached hydrogen (secondary N) is 1. The van der Waals surface area contributed by atoms with E-state index in [4.69, 9.17) is 11.6 Å². The zero-order valence-corrected chi connectivity index (χ0v) is 13.9. The van der Waals surface area contributed by atoms with Gasteiger partial charge in [0, 0.05) is 12.4 Å². The highest BCUT2D eigenvalue weighted by Gasteiger charge is 2.16. The van der Waals surface area contributed by atoms with Gasteiger partial charge in [-0.05, 0) is 29.2 Å². The highest BCUT2D eigenvalue weighted by atomic mass is 35.5. The van der Waals surface area contributed by atoms with Gasteiger partial charge in [0.1, 0.15) is 11.3 Å². The first-order valence-electron chi connectivity index (χ1n) is 7.25.